The van der Waals surface area contributed by atoms with Crippen LogP contribution in [0.1, 0.15) is 11.1 Å². The van der Waals surface area contributed by atoms with Gasteiger partial charge < -0.3 is 5.32 Å². The van der Waals surface area contributed by atoms with Crippen LogP contribution in [0.4, 0.5) is 11.4 Å². The summed E-state index contributed by atoms with van der Waals surface area (Å²) >= 11 is 0. The molecule has 0 bridgehead atoms. The molecule has 1 nitrogen and oxygen atoms in total. The fraction of sp³-hybridized carbons (Fsp3) is 0.0370. The Kier molecular flexibility index (Phi) is 5.07. The van der Waals surface area contributed by atoms with Crippen LogP contribution >= 0.6 is 0 Å². The van der Waals surface area contributed by atoms with E-state index in [0.29, 0.717) is 0 Å². The lowest BCUT2D eigenvalue weighted by Crippen LogP contribution is -1.93. The van der Waals surface area contributed by atoms with Crippen LogP contribution in [0.3, 0.4) is 0 Å². The van der Waals surface area contributed by atoms with Crippen molar-refractivity contribution in [2.45, 2.75) is 6.92 Å². The summed E-state index contributed by atoms with van der Waals surface area (Å²) in [5.74, 6) is 0. The molecule has 0 fully saturated rings. The minimum absolute atomic E-state index is 1.08. The normalized spacial score (nSPS) is 10.5. The SMILES string of the molecule is C=Cc1ccccc1-c1ccc(Nc2cccc(-c3ccccc3)c2)cc1C. The molecule has 4 aromatic carbocycles. The van der Waals surface area contributed by atoms with Crippen molar-refractivity contribution in [2.75, 3.05) is 5.32 Å². The van der Waals surface area contributed by atoms with Crippen LogP contribution in [0, 0.1) is 6.92 Å². The van der Waals surface area contributed by atoms with Gasteiger partial charge in [-0.05, 0) is 64.6 Å². The minimum atomic E-state index is 1.08. The van der Waals surface area contributed by atoms with Crippen LogP contribution in [-0.2, 0) is 0 Å². The monoisotopic (exact) mass is 361 g/mol. The van der Waals surface area contributed by atoms with E-state index in [1.807, 2.05) is 18.2 Å². The summed E-state index contributed by atoms with van der Waals surface area (Å²) in [6.45, 7) is 6.09. The van der Waals surface area contributed by atoms with Gasteiger partial charge in [-0.15, -0.1) is 0 Å². The van der Waals surface area contributed by atoms with Gasteiger partial charge in [0.1, 0.15) is 0 Å². The van der Waals surface area contributed by atoms with Gasteiger partial charge in [-0.2, -0.15) is 0 Å². The second-order valence-electron chi connectivity index (χ2n) is 6.89. The highest BCUT2D eigenvalue weighted by Gasteiger charge is 2.07. The molecular weight excluding hydrogens is 338 g/mol. The first-order valence-electron chi connectivity index (χ1n) is 9.49. The number of hydrogen-bond donors (Lipinski definition) is 1. The van der Waals surface area contributed by atoms with Gasteiger partial charge in [-0.25, -0.2) is 0 Å². The molecule has 136 valence electrons. The van der Waals surface area contributed by atoms with Crippen LogP contribution in [0.25, 0.3) is 28.3 Å². The molecule has 0 heterocycles. The molecule has 4 rings (SSSR count). The average Bonchev–Trinajstić information content (AvgIpc) is 2.75. The molecule has 1 N–H and O–H groups in total. The summed E-state index contributed by atoms with van der Waals surface area (Å²) in [5, 5.41) is 3.54. The van der Waals surface area contributed by atoms with Crippen molar-refractivity contribution < 1.29 is 0 Å². The third kappa shape index (κ3) is 3.74. The van der Waals surface area contributed by atoms with E-state index >= 15 is 0 Å². The van der Waals surface area contributed by atoms with E-state index in [1.54, 1.807) is 0 Å². The fourth-order valence-corrected chi connectivity index (χ4v) is 3.54. The van der Waals surface area contributed by atoms with Crippen molar-refractivity contribution in [3.63, 3.8) is 0 Å². The van der Waals surface area contributed by atoms with Crippen molar-refractivity contribution in [3.8, 4) is 22.3 Å². The third-order valence-electron chi connectivity index (χ3n) is 4.96. The molecule has 0 spiro atoms. The first kappa shape index (κ1) is 17.8. The van der Waals surface area contributed by atoms with Crippen molar-refractivity contribution in [1.82, 2.24) is 0 Å². The van der Waals surface area contributed by atoms with E-state index in [-0.39, 0.29) is 0 Å². The zero-order valence-corrected chi connectivity index (χ0v) is 16.0. The lowest BCUT2D eigenvalue weighted by molar-refractivity contribution is 1.43. The summed E-state index contributed by atoms with van der Waals surface area (Å²) < 4.78 is 0. The van der Waals surface area contributed by atoms with Crippen LogP contribution in [-0.4, -0.2) is 0 Å². The summed E-state index contributed by atoms with van der Waals surface area (Å²) in [5.41, 5.74) is 9.44. The summed E-state index contributed by atoms with van der Waals surface area (Å²) in [6.07, 6.45) is 1.91. The smallest absolute Gasteiger partial charge is 0.0390 e. The third-order valence-corrected chi connectivity index (χ3v) is 4.96. The van der Waals surface area contributed by atoms with Gasteiger partial charge in [-0.1, -0.05) is 85.5 Å². The maximum atomic E-state index is 3.94. The number of hydrogen-bond acceptors (Lipinski definition) is 1. The fourth-order valence-electron chi connectivity index (χ4n) is 3.54. The molecule has 0 aromatic heterocycles. The Morgan fingerprint density at radius 1 is 0.643 bits per heavy atom. The van der Waals surface area contributed by atoms with Gasteiger partial charge in [-0.3, -0.25) is 0 Å². The predicted molar refractivity (Wildman–Crippen MR) is 122 cm³/mol. The van der Waals surface area contributed by atoms with Crippen LogP contribution in [0.5, 0.6) is 0 Å². The zero-order chi connectivity index (χ0) is 19.3. The number of anilines is 2. The first-order chi connectivity index (χ1) is 13.7. The molecule has 0 atom stereocenters. The highest BCUT2D eigenvalue weighted by Crippen LogP contribution is 2.31. The van der Waals surface area contributed by atoms with E-state index in [1.165, 1.54) is 27.8 Å². The molecule has 0 radical (unpaired) electrons. The maximum absolute atomic E-state index is 3.94. The Hall–Kier alpha value is -3.58. The molecule has 0 unspecified atom stereocenters. The van der Waals surface area contributed by atoms with E-state index in [4.69, 9.17) is 0 Å². The second kappa shape index (κ2) is 7.98. The van der Waals surface area contributed by atoms with Gasteiger partial charge in [0, 0.05) is 11.4 Å². The minimum Gasteiger partial charge on any atom is -0.356 e. The van der Waals surface area contributed by atoms with Gasteiger partial charge in [0.05, 0.1) is 0 Å². The topological polar surface area (TPSA) is 12.0 Å². The summed E-state index contributed by atoms with van der Waals surface area (Å²) in [7, 11) is 0. The molecule has 0 amide bonds. The van der Waals surface area contributed by atoms with Gasteiger partial charge in [0.25, 0.3) is 0 Å². The van der Waals surface area contributed by atoms with E-state index in [9.17, 15) is 0 Å². The Morgan fingerprint density at radius 2 is 1.36 bits per heavy atom. The molecule has 1 heteroatoms. The molecular formula is C27H23N. The lowest BCUT2D eigenvalue weighted by atomic mass is 9.95. The molecule has 0 saturated heterocycles. The predicted octanol–water partition coefficient (Wildman–Crippen LogP) is 7.72. The highest BCUT2D eigenvalue weighted by molar-refractivity contribution is 5.79. The number of aryl methyl sites for hydroxylation is 1. The standard InChI is InChI=1S/C27H23N/c1-3-21-10-7-8-15-27(21)26-17-16-25(18-20(26)2)28-24-14-9-13-23(19-24)22-11-5-4-6-12-22/h3-19,28H,1H2,2H3. The molecule has 0 aliphatic rings. The Bertz CT molecular complexity index is 1110. The Morgan fingerprint density at radius 3 is 2.14 bits per heavy atom. The molecule has 4 aromatic rings. The maximum Gasteiger partial charge on any atom is 0.0390 e. The lowest BCUT2D eigenvalue weighted by Gasteiger charge is -2.13. The zero-order valence-electron chi connectivity index (χ0n) is 16.0. The Labute approximate surface area is 167 Å². The average molecular weight is 361 g/mol. The van der Waals surface area contributed by atoms with Crippen molar-refractivity contribution in [2.24, 2.45) is 0 Å². The van der Waals surface area contributed by atoms with Crippen molar-refractivity contribution in [3.05, 3.63) is 115 Å². The quantitative estimate of drug-likeness (QED) is 0.384. The highest BCUT2D eigenvalue weighted by atomic mass is 14.9. The van der Waals surface area contributed by atoms with Gasteiger partial charge in [0.15, 0.2) is 0 Å². The van der Waals surface area contributed by atoms with Crippen LogP contribution < -0.4 is 5.32 Å². The molecule has 0 aliphatic carbocycles. The Balaban J connectivity index is 1.62. The summed E-state index contributed by atoms with van der Waals surface area (Å²) in [4.78, 5) is 0. The molecule has 0 saturated carbocycles. The van der Waals surface area contributed by atoms with Crippen LogP contribution in [0.15, 0.2) is 104 Å². The number of nitrogens with one attached hydrogen (secondary N) is 1. The second-order valence-corrected chi connectivity index (χ2v) is 6.89. The van der Waals surface area contributed by atoms with Crippen molar-refractivity contribution in [1.29, 1.82) is 0 Å². The number of benzene rings is 4. The van der Waals surface area contributed by atoms with Gasteiger partial charge in [0.2, 0.25) is 0 Å². The van der Waals surface area contributed by atoms with Crippen molar-refractivity contribution >= 4 is 17.5 Å². The van der Waals surface area contributed by atoms with Crippen LogP contribution in [0.2, 0.25) is 0 Å². The molecule has 0 aliphatic heterocycles. The van der Waals surface area contributed by atoms with E-state index in [2.05, 4.69) is 104 Å². The van der Waals surface area contributed by atoms with E-state index in [0.717, 1.165) is 16.9 Å². The van der Waals surface area contributed by atoms with Gasteiger partial charge >= 0.3 is 0 Å². The van der Waals surface area contributed by atoms with E-state index < -0.39 is 0 Å². The first-order valence-corrected chi connectivity index (χ1v) is 9.49. The summed E-state index contributed by atoms with van der Waals surface area (Å²) in [6, 6.07) is 33.8. The molecule has 28 heavy (non-hydrogen) atoms. The number of rotatable bonds is 5. The largest absolute Gasteiger partial charge is 0.356 e.